The molecule has 0 fully saturated rings. The Kier molecular flexibility index (Phi) is 6.02. The second kappa shape index (κ2) is 8.35. The fourth-order valence-electron chi connectivity index (χ4n) is 3.11. The van der Waals surface area contributed by atoms with Crippen molar-refractivity contribution in [3.8, 4) is 11.1 Å². The number of aliphatic hydroxyl groups is 1. The minimum absolute atomic E-state index is 0.0363. The summed E-state index contributed by atoms with van der Waals surface area (Å²) in [6.07, 6.45) is -6.51. The van der Waals surface area contributed by atoms with Gasteiger partial charge in [0.1, 0.15) is 18.0 Å². The number of rotatable bonds is 6. The summed E-state index contributed by atoms with van der Waals surface area (Å²) in [6, 6.07) is 7.64. The molecule has 1 unspecified atom stereocenters. The van der Waals surface area contributed by atoms with E-state index in [1.807, 2.05) is 0 Å². The van der Waals surface area contributed by atoms with Gasteiger partial charge in [0.2, 0.25) is 0 Å². The summed E-state index contributed by atoms with van der Waals surface area (Å²) in [5.74, 6) is -1.01. The number of H-pyrrole nitrogens is 1. The number of Topliss-reactive ketones (excluding diaryl/α,β-unsaturated/α-hetero) is 1. The highest BCUT2D eigenvalue weighted by molar-refractivity contribution is 5.98. The maximum atomic E-state index is 14.4. The van der Waals surface area contributed by atoms with Crippen LogP contribution in [0.15, 0.2) is 42.7 Å². The van der Waals surface area contributed by atoms with Crippen LogP contribution in [0, 0.1) is 12.7 Å². The van der Waals surface area contributed by atoms with Crippen molar-refractivity contribution in [2.24, 2.45) is 0 Å². The summed E-state index contributed by atoms with van der Waals surface area (Å²) in [5, 5.41) is 16.1. The van der Waals surface area contributed by atoms with E-state index < -0.39 is 29.4 Å². The highest BCUT2D eigenvalue weighted by Crippen LogP contribution is 2.36. The molecule has 2 aromatic carbocycles. The van der Waals surface area contributed by atoms with Gasteiger partial charge in [-0.2, -0.15) is 18.3 Å². The van der Waals surface area contributed by atoms with E-state index in [4.69, 9.17) is 0 Å². The number of carbonyl (C=O) groups is 1. The molecule has 0 aliphatic heterocycles. The number of nitrogens with zero attached hydrogens (tertiary/aromatic N) is 2. The number of ketones is 1. The second-order valence-corrected chi connectivity index (χ2v) is 7.17. The number of aromatic amines is 1. The van der Waals surface area contributed by atoms with E-state index in [-0.39, 0.29) is 29.0 Å². The van der Waals surface area contributed by atoms with Gasteiger partial charge >= 0.3 is 6.18 Å². The second-order valence-electron chi connectivity index (χ2n) is 7.17. The summed E-state index contributed by atoms with van der Waals surface area (Å²) in [6.45, 7) is 3.39. The molecule has 9 heteroatoms. The van der Waals surface area contributed by atoms with E-state index in [9.17, 15) is 27.5 Å². The van der Waals surface area contributed by atoms with E-state index in [0.29, 0.717) is 11.4 Å². The molecular formula is C21H19F4N3O2. The van der Waals surface area contributed by atoms with Crippen molar-refractivity contribution in [1.29, 1.82) is 0 Å². The molecule has 0 saturated carbocycles. The van der Waals surface area contributed by atoms with Gasteiger partial charge in [-0.3, -0.25) is 9.89 Å². The van der Waals surface area contributed by atoms with Gasteiger partial charge in [-0.1, -0.05) is 19.1 Å². The molecule has 0 spiro atoms. The Balaban J connectivity index is 2.04. The molecule has 158 valence electrons. The first kappa shape index (κ1) is 21.6. The summed E-state index contributed by atoms with van der Waals surface area (Å²) in [4.78, 5) is 16.7. The van der Waals surface area contributed by atoms with Crippen LogP contribution in [0.25, 0.3) is 11.1 Å². The van der Waals surface area contributed by atoms with E-state index in [1.54, 1.807) is 19.9 Å². The molecule has 0 aliphatic carbocycles. The van der Waals surface area contributed by atoms with E-state index in [1.165, 1.54) is 24.5 Å². The predicted molar refractivity (Wildman–Crippen MR) is 101 cm³/mol. The molecule has 0 amide bonds. The van der Waals surface area contributed by atoms with Gasteiger partial charge in [-0.15, -0.1) is 0 Å². The molecule has 0 radical (unpaired) electrons. The predicted octanol–water partition coefficient (Wildman–Crippen LogP) is 4.89. The Hall–Kier alpha value is -3.07. The van der Waals surface area contributed by atoms with Crippen LogP contribution in [0.4, 0.5) is 17.6 Å². The molecule has 0 saturated heterocycles. The number of benzene rings is 2. The molecule has 1 heterocycles. The van der Waals surface area contributed by atoms with Crippen LogP contribution in [0.5, 0.6) is 0 Å². The number of halogens is 4. The lowest BCUT2D eigenvalue weighted by atomic mass is 9.92. The highest BCUT2D eigenvalue weighted by atomic mass is 19.4. The van der Waals surface area contributed by atoms with Crippen molar-refractivity contribution in [2.45, 2.75) is 38.5 Å². The maximum absolute atomic E-state index is 14.4. The van der Waals surface area contributed by atoms with Gasteiger partial charge in [0, 0.05) is 23.5 Å². The smallest absolute Gasteiger partial charge is 0.379 e. The summed E-state index contributed by atoms with van der Waals surface area (Å²) < 4.78 is 53.7. The minimum atomic E-state index is -4.93. The first-order chi connectivity index (χ1) is 14.1. The minimum Gasteiger partial charge on any atom is -0.379 e. The first-order valence-corrected chi connectivity index (χ1v) is 9.11. The van der Waals surface area contributed by atoms with Crippen molar-refractivity contribution >= 4 is 5.78 Å². The Morgan fingerprint density at radius 3 is 2.53 bits per heavy atom. The number of hydrogen-bond donors (Lipinski definition) is 2. The third-order valence-electron chi connectivity index (χ3n) is 4.73. The van der Waals surface area contributed by atoms with E-state index in [2.05, 4.69) is 15.2 Å². The van der Waals surface area contributed by atoms with Crippen LogP contribution in [-0.4, -0.2) is 32.2 Å². The Morgan fingerprint density at radius 1 is 1.20 bits per heavy atom. The van der Waals surface area contributed by atoms with Gasteiger partial charge in [0.05, 0.1) is 0 Å². The molecular weight excluding hydrogens is 402 g/mol. The number of aromatic nitrogens is 3. The first-order valence-electron chi connectivity index (χ1n) is 9.11. The SMILES string of the molecule is Cc1ccc(-c2cc(C(=O)C[C@@H](C)c3ncn[nH]3)cc(C(O)C(F)(F)F)c2)c(F)c1. The number of aliphatic hydroxyl groups excluding tert-OH is 1. The third kappa shape index (κ3) is 4.73. The van der Waals surface area contributed by atoms with Crippen molar-refractivity contribution < 1.29 is 27.5 Å². The van der Waals surface area contributed by atoms with Crippen LogP contribution in [-0.2, 0) is 0 Å². The summed E-state index contributed by atoms with van der Waals surface area (Å²) in [7, 11) is 0. The van der Waals surface area contributed by atoms with Gasteiger partial charge in [-0.05, 0) is 47.9 Å². The normalized spacial score (nSPS) is 13.8. The standard InChI is InChI=1S/C21H19F4N3O2/c1-11-3-4-16(17(22)5-11)13-7-14(9-15(8-13)19(30)21(23,24)25)18(29)6-12(2)20-26-10-27-28-20/h3-5,7-10,12,19,30H,6H2,1-2H3,(H,26,27,28)/t12-,19?/m1/s1. The highest BCUT2D eigenvalue weighted by Gasteiger charge is 2.40. The van der Waals surface area contributed by atoms with Gasteiger partial charge in [0.25, 0.3) is 0 Å². The third-order valence-corrected chi connectivity index (χ3v) is 4.73. The van der Waals surface area contributed by atoms with Crippen molar-refractivity contribution in [3.63, 3.8) is 0 Å². The molecule has 1 aromatic heterocycles. The lowest BCUT2D eigenvalue weighted by molar-refractivity contribution is -0.206. The number of hydrogen-bond acceptors (Lipinski definition) is 4. The molecule has 3 aromatic rings. The van der Waals surface area contributed by atoms with Gasteiger partial charge in [0.15, 0.2) is 11.9 Å². The topological polar surface area (TPSA) is 78.9 Å². The molecule has 2 atom stereocenters. The van der Waals surface area contributed by atoms with E-state index >= 15 is 0 Å². The molecule has 0 bridgehead atoms. The Bertz CT molecular complexity index is 1050. The number of nitrogens with one attached hydrogen (secondary N) is 1. The fraction of sp³-hybridized carbons (Fsp3) is 0.286. The average Bonchev–Trinajstić information content (AvgIpc) is 3.21. The molecule has 0 aliphatic rings. The summed E-state index contributed by atoms with van der Waals surface area (Å²) in [5.41, 5.74) is 0.158. The maximum Gasteiger partial charge on any atom is 0.418 e. The van der Waals surface area contributed by atoms with Crippen molar-refractivity contribution in [3.05, 3.63) is 71.1 Å². The molecule has 3 rings (SSSR count). The van der Waals surface area contributed by atoms with Crippen LogP contribution >= 0.6 is 0 Å². The largest absolute Gasteiger partial charge is 0.418 e. The molecule has 30 heavy (non-hydrogen) atoms. The van der Waals surface area contributed by atoms with Crippen LogP contribution in [0.1, 0.15) is 52.7 Å². The van der Waals surface area contributed by atoms with Crippen LogP contribution in [0.2, 0.25) is 0 Å². The zero-order chi connectivity index (χ0) is 22.1. The quantitative estimate of drug-likeness (QED) is 0.439. The lowest BCUT2D eigenvalue weighted by Gasteiger charge is -2.18. The molecule has 5 nitrogen and oxygen atoms in total. The zero-order valence-electron chi connectivity index (χ0n) is 16.2. The Morgan fingerprint density at radius 2 is 1.93 bits per heavy atom. The van der Waals surface area contributed by atoms with E-state index in [0.717, 1.165) is 12.1 Å². The van der Waals surface area contributed by atoms with Gasteiger partial charge < -0.3 is 5.11 Å². The lowest BCUT2D eigenvalue weighted by Crippen LogP contribution is -2.20. The monoisotopic (exact) mass is 421 g/mol. The van der Waals surface area contributed by atoms with Crippen molar-refractivity contribution in [1.82, 2.24) is 15.2 Å². The number of carbonyl (C=O) groups excluding carboxylic acids is 1. The molecule has 2 N–H and O–H groups in total. The zero-order valence-corrected chi connectivity index (χ0v) is 16.2. The summed E-state index contributed by atoms with van der Waals surface area (Å²) >= 11 is 0. The average molecular weight is 421 g/mol. The number of alkyl halides is 3. The van der Waals surface area contributed by atoms with Crippen LogP contribution in [0.3, 0.4) is 0 Å². The Labute approximate surface area is 169 Å². The number of aryl methyl sites for hydroxylation is 1. The fourth-order valence-corrected chi connectivity index (χ4v) is 3.11. The van der Waals surface area contributed by atoms with Crippen molar-refractivity contribution in [2.75, 3.05) is 0 Å². The van der Waals surface area contributed by atoms with Gasteiger partial charge in [-0.25, -0.2) is 9.37 Å². The van der Waals surface area contributed by atoms with Crippen LogP contribution < -0.4 is 0 Å².